The number of carbonyl (C=O) groups excluding carboxylic acids is 2. The number of methoxy groups -OCH3 is 1. The van der Waals surface area contributed by atoms with Crippen LogP contribution >= 0.6 is 0 Å². The quantitative estimate of drug-likeness (QED) is 0.441. The van der Waals surface area contributed by atoms with Gasteiger partial charge in [0.25, 0.3) is 5.69 Å². The Bertz CT molecular complexity index is 672. The summed E-state index contributed by atoms with van der Waals surface area (Å²) < 4.78 is 24.3. The molecule has 0 saturated carbocycles. The monoisotopic (exact) mass is 340 g/mol. The number of rotatable bonds is 6. The first-order valence-electron chi connectivity index (χ1n) is 7.25. The van der Waals surface area contributed by atoms with E-state index in [2.05, 4.69) is 4.74 Å². The number of Topliss-reactive ketones (excluding diaryl/α,β-unsaturated/α-hetero) is 1. The molecule has 0 aromatic heterocycles. The van der Waals surface area contributed by atoms with Gasteiger partial charge in [-0.3, -0.25) is 14.9 Å². The molecule has 24 heavy (non-hydrogen) atoms. The maximum atomic E-state index is 14.5. The van der Waals surface area contributed by atoms with Gasteiger partial charge in [0, 0.05) is 6.61 Å². The topological polar surface area (TPSA) is 99.0 Å². The Hall–Kier alpha value is -2.55. The molecule has 1 aliphatic rings. The highest BCUT2D eigenvalue weighted by molar-refractivity contribution is 5.95. The lowest BCUT2D eigenvalue weighted by atomic mass is 10.1. The van der Waals surface area contributed by atoms with Gasteiger partial charge in [0.1, 0.15) is 11.3 Å². The second kappa shape index (κ2) is 7.35. The second-order valence-corrected chi connectivity index (χ2v) is 5.42. The lowest BCUT2D eigenvalue weighted by Gasteiger charge is -2.29. The highest BCUT2D eigenvalue weighted by atomic mass is 19.1. The molecule has 0 radical (unpaired) electrons. The summed E-state index contributed by atoms with van der Waals surface area (Å²) in [4.78, 5) is 35.0. The number of ether oxygens (including phenoxy) is 2. The molecule has 1 heterocycles. The van der Waals surface area contributed by atoms with E-state index in [0.717, 1.165) is 13.2 Å². The van der Waals surface area contributed by atoms with Crippen LogP contribution in [0.2, 0.25) is 0 Å². The molecule has 1 aromatic rings. The number of ketones is 1. The van der Waals surface area contributed by atoms with Crippen molar-refractivity contribution in [1.82, 2.24) is 0 Å². The van der Waals surface area contributed by atoms with Crippen molar-refractivity contribution >= 4 is 23.1 Å². The summed E-state index contributed by atoms with van der Waals surface area (Å²) in [5, 5.41) is 11.1. The summed E-state index contributed by atoms with van der Waals surface area (Å²) in [5.74, 6) is -2.05. The van der Waals surface area contributed by atoms with Crippen molar-refractivity contribution in [2.45, 2.75) is 19.4 Å². The van der Waals surface area contributed by atoms with Gasteiger partial charge < -0.3 is 14.4 Å². The van der Waals surface area contributed by atoms with Crippen LogP contribution < -0.4 is 4.90 Å². The smallest absolute Gasteiger partial charge is 0.344 e. The Morgan fingerprint density at radius 2 is 2.21 bits per heavy atom. The van der Waals surface area contributed by atoms with Gasteiger partial charge in [0.05, 0.1) is 43.0 Å². The maximum absolute atomic E-state index is 14.5. The second-order valence-electron chi connectivity index (χ2n) is 5.42. The van der Waals surface area contributed by atoms with E-state index in [0.29, 0.717) is 25.7 Å². The summed E-state index contributed by atoms with van der Waals surface area (Å²) in [6.45, 7) is 2.03. The first kappa shape index (κ1) is 17.8. The van der Waals surface area contributed by atoms with Crippen LogP contribution in [-0.4, -0.2) is 49.6 Å². The molecule has 0 bridgehead atoms. The van der Waals surface area contributed by atoms with E-state index in [1.165, 1.54) is 11.8 Å². The molecule has 9 heteroatoms. The Labute approximate surface area is 137 Å². The number of esters is 1. The van der Waals surface area contributed by atoms with Crippen molar-refractivity contribution in [3.63, 3.8) is 0 Å². The van der Waals surface area contributed by atoms with Gasteiger partial charge in [-0.05, 0) is 19.4 Å². The number of hydrogen-bond acceptors (Lipinski definition) is 7. The molecule has 8 nitrogen and oxygen atoms in total. The Kier molecular flexibility index (Phi) is 5.45. The van der Waals surface area contributed by atoms with E-state index in [9.17, 15) is 24.1 Å². The number of nitro benzene ring substituents is 1. The van der Waals surface area contributed by atoms with Crippen LogP contribution in [0.1, 0.15) is 23.7 Å². The zero-order valence-electron chi connectivity index (χ0n) is 13.3. The highest BCUT2D eigenvalue weighted by Gasteiger charge is 2.31. The fourth-order valence-electron chi connectivity index (χ4n) is 2.61. The molecule has 1 aliphatic heterocycles. The van der Waals surface area contributed by atoms with Crippen molar-refractivity contribution in [3.05, 3.63) is 33.6 Å². The van der Waals surface area contributed by atoms with Crippen molar-refractivity contribution < 1.29 is 28.4 Å². The molecule has 0 amide bonds. The van der Waals surface area contributed by atoms with Crippen LogP contribution in [0.15, 0.2) is 12.1 Å². The third kappa shape index (κ3) is 3.67. The molecule has 1 aromatic carbocycles. The number of anilines is 1. The molecular formula is C15H17FN2O6. The first-order valence-corrected chi connectivity index (χ1v) is 7.25. The van der Waals surface area contributed by atoms with Crippen molar-refractivity contribution in [3.8, 4) is 0 Å². The lowest BCUT2D eigenvalue weighted by Crippen LogP contribution is -2.39. The summed E-state index contributed by atoms with van der Waals surface area (Å²) in [6, 6.07) is 1.47. The van der Waals surface area contributed by atoms with E-state index in [-0.39, 0.29) is 29.6 Å². The molecule has 1 unspecified atom stereocenters. The summed E-state index contributed by atoms with van der Waals surface area (Å²) in [7, 11) is 1.08. The molecule has 130 valence electrons. The zero-order chi connectivity index (χ0) is 17.9. The molecular weight excluding hydrogens is 323 g/mol. The van der Waals surface area contributed by atoms with E-state index in [1.807, 2.05) is 0 Å². The van der Waals surface area contributed by atoms with Gasteiger partial charge in [0.2, 0.25) is 0 Å². The number of halogens is 1. The fourth-order valence-corrected chi connectivity index (χ4v) is 2.61. The Morgan fingerprint density at radius 3 is 2.71 bits per heavy atom. The Balaban J connectivity index is 2.54. The van der Waals surface area contributed by atoms with Crippen LogP contribution in [0, 0.1) is 15.9 Å². The van der Waals surface area contributed by atoms with Crippen LogP contribution in [0.3, 0.4) is 0 Å². The lowest BCUT2D eigenvalue weighted by molar-refractivity contribution is -0.385. The molecule has 1 fully saturated rings. The minimum Gasteiger partial charge on any atom is -0.465 e. The first-order chi connectivity index (χ1) is 11.3. The standard InChI is InChI=1S/C15H17FN2O6/c1-9(19)7-17(10-3-4-24-8-10)14-5-11(15(20)23-2)13(18(21)22)6-12(14)16/h5-6,10H,3-4,7-8H2,1-2H3. The van der Waals surface area contributed by atoms with E-state index < -0.39 is 22.4 Å². The van der Waals surface area contributed by atoms with Crippen molar-refractivity contribution in [2.24, 2.45) is 0 Å². The normalized spacial score (nSPS) is 16.7. The average Bonchev–Trinajstić information content (AvgIpc) is 3.05. The molecule has 0 aliphatic carbocycles. The van der Waals surface area contributed by atoms with Gasteiger partial charge in [-0.25, -0.2) is 9.18 Å². The fraction of sp³-hybridized carbons (Fsp3) is 0.467. The third-order valence-electron chi connectivity index (χ3n) is 3.72. The van der Waals surface area contributed by atoms with E-state index >= 15 is 0 Å². The minimum atomic E-state index is -0.951. The van der Waals surface area contributed by atoms with Gasteiger partial charge in [0.15, 0.2) is 5.82 Å². The van der Waals surface area contributed by atoms with E-state index in [4.69, 9.17) is 4.74 Å². The maximum Gasteiger partial charge on any atom is 0.344 e. The molecule has 0 spiro atoms. The van der Waals surface area contributed by atoms with Gasteiger partial charge in [-0.2, -0.15) is 0 Å². The molecule has 1 atom stereocenters. The summed E-state index contributed by atoms with van der Waals surface area (Å²) >= 11 is 0. The zero-order valence-corrected chi connectivity index (χ0v) is 13.3. The molecule has 0 N–H and O–H groups in total. The van der Waals surface area contributed by atoms with Crippen LogP contribution in [0.25, 0.3) is 0 Å². The van der Waals surface area contributed by atoms with Crippen LogP contribution in [0.4, 0.5) is 15.8 Å². The third-order valence-corrected chi connectivity index (χ3v) is 3.72. The predicted molar refractivity (Wildman–Crippen MR) is 81.6 cm³/mol. The van der Waals surface area contributed by atoms with Crippen molar-refractivity contribution in [2.75, 3.05) is 31.8 Å². The largest absolute Gasteiger partial charge is 0.465 e. The number of carbonyl (C=O) groups is 2. The van der Waals surface area contributed by atoms with Gasteiger partial charge in [-0.1, -0.05) is 0 Å². The van der Waals surface area contributed by atoms with E-state index in [1.54, 1.807) is 0 Å². The average molecular weight is 340 g/mol. The van der Waals surface area contributed by atoms with Crippen molar-refractivity contribution in [1.29, 1.82) is 0 Å². The number of nitrogens with zero attached hydrogens (tertiary/aromatic N) is 2. The van der Waals surface area contributed by atoms with Crippen LogP contribution in [0.5, 0.6) is 0 Å². The SMILES string of the molecule is COC(=O)c1cc(N(CC(C)=O)C2CCOC2)c(F)cc1[N+](=O)[O-]. The number of nitro groups is 1. The van der Waals surface area contributed by atoms with Crippen LogP contribution in [-0.2, 0) is 14.3 Å². The number of hydrogen-bond donors (Lipinski definition) is 0. The minimum absolute atomic E-state index is 0.0632. The number of benzene rings is 1. The predicted octanol–water partition coefficient (Wildman–Crippen LogP) is 1.70. The van der Waals surface area contributed by atoms with Gasteiger partial charge >= 0.3 is 5.97 Å². The Morgan fingerprint density at radius 1 is 1.50 bits per heavy atom. The molecule has 2 rings (SSSR count). The molecule has 1 saturated heterocycles. The highest BCUT2D eigenvalue weighted by Crippen LogP contribution is 2.31. The summed E-state index contributed by atoms with van der Waals surface area (Å²) in [5.41, 5.74) is -1.12. The van der Waals surface area contributed by atoms with Gasteiger partial charge in [-0.15, -0.1) is 0 Å². The summed E-state index contributed by atoms with van der Waals surface area (Å²) in [6.07, 6.45) is 0.581.